The van der Waals surface area contributed by atoms with E-state index < -0.39 is 0 Å². The van der Waals surface area contributed by atoms with Crippen LogP contribution in [0.2, 0.25) is 5.02 Å². The number of carbonyl (C=O) groups excluding carboxylic acids is 2. The zero-order valence-corrected chi connectivity index (χ0v) is 14.4. The lowest BCUT2D eigenvalue weighted by atomic mass is 10.1. The van der Waals surface area contributed by atoms with Gasteiger partial charge in [-0.2, -0.15) is 0 Å². The second kappa shape index (κ2) is 7.94. The van der Waals surface area contributed by atoms with Gasteiger partial charge in [0, 0.05) is 12.8 Å². The normalized spacial score (nSPS) is 10.5. The van der Waals surface area contributed by atoms with Crippen molar-refractivity contribution in [1.29, 1.82) is 0 Å². The molecule has 128 valence electrons. The summed E-state index contributed by atoms with van der Waals surface area (Å²) in [7, 11) is 1.43. The van der Waals surface area contributed by atoms with Crippen molar-refractivity contribution < 1.29 is 18.8 Å². The largest absolute Gasteiger partial charge is 0.375 e. The molecule has 2 rings (SSSR count). The van der Waals surface area contributed by atoms with Gasteiger partial charge in [0.25, 0.3) is 5.91 Å². The van der Waals surface area contributed by atoms with Crippen LogP contribution in [0.15, 0.2) is 22.7 Å². The molecule has 0 unspecified atom stereocenters. The number of methoxy groups -OCH3 is 1. The van der Waals surface area contributed by atoms with Gasteiger partial charge in [-0.1, -0.05) is 23.7 Å². The molecule has 2 amide bonds. The molecule has 0 saturated carbocycles. The van der Waals surface area contributed by atoms with Crippen LogP contribution < -0.4 is 10.6 Å². The molecule has 0 atom stereocenters. The molecule has 0 spiro atoms. The maximum atomic E-state index is 12.4. The van der Waals surface area contributed by atoms with Gasteiger partial charge < -0.3 is 19.9 Å². The first-order chi connectivity index (χ1) is 11.5. The topological polar surface area (TPSA) is 93.5 Å². The smallest absolute Gasteiger partial charge is 0.261 e. The van der Waals surface area contributed by atoms with Gasteiger partial charge in [-0.25, -0.2) is 0 Å². The molecular weight excluding hydrogens is 334 g/mol. The number of anilines is 2. The summed E-state index contributed by atoms with van der Waals surface area (Å²) in [5.74, 6) is -0.180. The maximum Gasteiger partial charge on any atom is 0.261 e. The summed E-state index contributed by atoms with van der Waals surface area (Å²) in [5.41, 5.74) is 1.95. The van der Waals surface area contributed by atoms with Crippen molar-refractivity contribution in [3.63, 3.8) is 0 Å². The van der Waals surface area contributed by atoms with Crippen LogP contribution in [-0.4, -0.2) is 30.7 Å². The summed E-state index contributed by atoms with van der Waals surface area (Å²) in [4.78, 5) is 23.9. The predicted octanol–water partition coefficient (Wildman–Crippen LogP) is 3.04. The van der Waals surface area contributed by atoms with E-state index in [9.17, 15) is 9.59 Å². The van der Waals surface area contributed by atoms with Gasteiger partial charge >= 0.3 is 0 Å². The Balaban J connectivity index is 2.13. The SMILES string of the molecule is CCc1noc(C)c1C(=O)Nc1ccc(NC(=O)COC)c(Cl)c1. The van der Waals surface area contributed by atoms with Crippen LogP contribution in [-0.2, 0) is 16.0 Å². The average Bonchev–Trinajstić information content (AvgIpc) is 2.91. The molecule has 0 aliphatic rings. The Morgan fingerprint density at radius 1 is 1.33 bits per heavy atom. The molecule has 8 heteroatoms. The molecule has 0 aliphatic heterocycles. The average molecular weight is 352 g/mol. The van der Waals surface area contributed by atoms with Gasteiger partial charge in [0.2, 0.25) is 5.91 Å². The minimum Gasteiger partial charge on any atom is -0.375 e. The molecule has 2 N–H and O–H groups in total. The second-order valence-electron chi connectivity index (χ2n) is 5.04. The summed E-state index contributed by atoms with van der Waals surface area (Å²) in [5, 5.41) is 9.52. The van der Waals surface area contributed by atoms with Gasteiger partial charge in [-0.05, 0) is 31.5 Å². The van der Waals surface area contributed by atoms with E-state index in [2.05, 4.69) is 15.8 Å². The van der Waals surface area contributed by atoms with Crippen molar-refractivity contribution in [2.45, 2.75) is 20.3 Å². The van der Waals surface area contributed by atoms with Crippen LogP contribution in [0.1, 0.15) is 28.7 Å². The van der Waals surface area contributed by atoms with Crippen LogP contribution in [0.4, 0.5) is 11.4 Å². The molecule has 1 aromatic carbocycles. The molecule has 2 aromatic rings. The highest BCUT2D eigenvalue weighted by atomic mass is 35.5. The number of carbonyl (C=O) groups is 2. The number of nitrogens with zero attached hydrogens (tertiary/aromatic N) is 1. The Morgan fingerprint density at radius 3 is 2.71 bits per heavy atom. The monoisotopic (exact) mass is 351 g/mol. The number of amides is 2. The van der Waals surface area contributed by atoms with Crippen LogP contribution in [0.3, 0.4) is 0 Å². The third-order valence-electron chi connectivity index (χ3n) is 3.27. The number of hydrogen-bond acceptors (Lipinski definition) is 5. The van der Waals surface area contributed by atoms with Crippen LogP contribution in [0.5, 0.6) is 0 Å². The molecule has 0 radical (unpaired) electrons. The van der Waals surface area contributed by atoms with E-state index in [0.29, 0.717) is 39.8 Å². The minimum atomic E-state index is -0.321. The summed E-state index contributed by atoms with van der Waals surface area (Å²) >= 11 is 6.13. The number of aromatic nitrogens is 1. The Bertz CT molecular complexity index is 758. The third kappa shape index (κ3) is 4.12. The fourth-order valence-electron chi connectivity index (χ4n) is 2.16. The van der Waals surface area contributed by atoms with Crippen molar-refractivity contribution in [2.75, 3.05) is 24.4 Å². The van der Waals surface area contributed by atoms with Gasteiger partial charge in [-0.3, -0.25) is 9.59 Å². The summed E-state index contributed by atoms with van der Waals surface area (Å²) in [6, 6.07) is 4.80. The molecule has 1 heterocycles. The Morgan fingerprint density at radius 2 is 2.08 bits per heavy atom. The second-order valence-corrected chi connectivity index (χ2v) is 5.45. The summed E-state index contributed by atoms with van der Waals surface area (Å²) < 4.78 is 9.80. The lowest BCUT2D eigenvalue weighted by Crippen LogP contribution is -2.17. The van der Waals surface area contributed by atoms with E-state index in [4.69, 9.17) is 20.9 Å². The van der Waals surface area contributed by atoms with Gasteiger partial charge in [0.05, 0.1) is 16.4 Å². The van der Waals surface area contributed by atoms with Crippen LogP contribution in [0.25, 0.3) is 0 Å². The van der Waals surface area contributed by atoms with E-state index in [-0.39, 0.29) is 18.4 Å². The number of benzene rings is 1. The summed E-state index contributed by atoms with van der Waals surface area (Å²) in [6.45, 7) is 3.51. The van der Waals surface area contributed by atoms with Crippen molar-refractivity contribution >= 4 is 34.8 Å². The van der Waals surface area contributed by atoms with Crippen LogP contribution >= 0.6 is 11.6 Å². The van der Waals surface area contributed by atoms with Crippen molar-refractivity contribution in [1.82, 2.24) is 5.16 Å². The Kier molecular flexibility index (Phi) is 5.94. The fraction of sp³-hybridized carbons (Fsp3) is 0.312. The van der Waals surface area contributed by atoms with Crippen molar-refractivity contribution in [3.8, 4) is 0 Å². The van der Waals surface area contributed by atoms with Crippen molar-refractivity contribution in [2.24, 2.45) is 0 Å². The number of ether oxygens (including phenoxy) is 1. The molecule has 1 aromatic heterocycles. The molecule has 0 bridgehead atoms. The summed E-state index contributed by atoms with van der Waals surface area (Å²) in [6.07, 6.45) is 0.589. The van der Waals surface area contributed by atoms with Crippen molar-refractivity contribution in [3.05, 3.63) is 40.2 Å². The fourth-order valence-corrected chi connectivity index (χ4v) is 2.38. The predicted molar refractivity (Wildman–Crippen MR) is 90.5 cm³/mol. The molecule has 7 nitrogen and oxygen atoms in total. The van der Waals surface area contributed by atoms with E-state index in [0.717, 1.165) is 0 Å². The zero-order valence-electron chi connectivity index (χ0n) is 13.6. The van der Waals surface area contributed by atoms with Gasteiger partial charge in [0.1, 0.15) is 17.9 Å². The molecule has 0 aliphatic carbocycles. The highest BCUT2D eigenvalue weighted by molar-refractivity contribution is 6.34. The first-order valence-electron chi connectivity index (χ1n) is 7.31. The Labute approximate surface area is 144 Å². The molecule has 0 saturated heterocycles. The van der Waals surface area contributed by atoms with E-state index >= 15 is 0 Å². The first-order valence-corrected chi connectivity index (χ1v) is 7.68. The standard InChI is InChI=1S/C16H18ClN3O4/c1-4-12-15(9(2)24-20-12)16(22)18-10-5-6-13(11(17)7-10)19-14(21)8-23-3/h5-7H,4,8H2,1-3H3,(H,18,22)(H,19,21). The lowest BCUT2D eigenvalue weighted by Gasteiger charge is -2.10. The highest BCUT2D eigenvalue weighted by Crippen LogP contribution is 2.26. The first kappa shape index (κ1) is 18.0. The number of aryl methyl sites for hydroxylation is 2. The van der Waals surface area contributed by atoms with Gasteiger partial charge in [-0.15, -0.1) is 0 Å². The Hall–Kier alpha value is -2.38. The number of nitrogens with one attached hydrogen (secondary N) is 2. The maximum absolute atomic E-state index is 12.4. The molecule has 24 heavy (non-hydrogen) atoms. The number of hydrogen-bond donors (Lipinski definition) is 2. The van der Waals surface area contributed by atoms with E-state index in [1.165, 1.54) is 7.11 Å². The van der Waals surface area contributed by atoms with E-state index in [1.54, 1.807) is 25.1 Å². The quantitative estimate of drug-likeness (QED) is 0.834. The van der Waals surface area contributed by atoms with Crippen LogP contribution in [0, 0.1) is 6.92 Å². The molecular formula is C16H18ClN3O4. The highest BCUT2D eigenvalue weighted by Gasteiger charge is 2.19. The van der Waals surface area contributed by atoms with Gasteiger partial charge in [0.15, 0.2) is 0 Å². The lowest BCUT2D eigenvalue weighted by molar-refractivity contribution is -0.119. The van der Waals surface area contributed by atoms with E-state index in [1.807, 2.05) is 6.92 Å². The molecule has 0 fully saturated rings. The third-order valence-corrected chi connectivity index (χ3v) is 3.58. The number of rotatable bonds is 6. The number of halogens is 1. The zero-order chi connectivity index (χ0) is 17.7. The minimum absolute atomic E-state index is 0.0681.